The molecule has 3 nitrogen and oxygen atoms in total. The van der Waals surface area contributed by atoms with Gasteiger partial charge in [-0.15, -0.1) is 0 Å². The number of esters is 1. The van der Waals surface area contributed by atoms with Crippen molar-refractivity contribution in [3.63, 3.8) is 0 Å². The summed E-state index contributed by atoms with van der Waals surface area (Å²) in [6, 6.07) is 0. The highest BCUT2D eigenvalue weighted by Crippen LogP contribution is 2.02. The molecule has 3 heteroatoms. The van der Waals surface area contributed by atoms with Gasteiger partial charge >= 0.3 is 5.97 Å². The van der Waals surface area contributed by atoms with Gasteiger partial charge in [-0.25, -0.2) is 4.79 Å². The van der Waals surface area contributed by atoms with Crippen molar-refractivity contribution < 1.29 is 14.3 Å². The predicted molar refractivity (Wildman–Crippen MR) is 51.5 cm³/mol. The SMILES string of the molecule is C1CCOCC1.C=C(C)C(=O)OC. The largest absolute Gasteiger partial charge is 0.466 e. The summed E-state index contributed by atoms with van der Waals surface area (Å²) >= 11 is 0. The van der Waals surface area contributed by atoms with Gasteiger partial charge in [-0.3, -0.25) is 0 Å². The summed E-state index contributed by atoms with van der Waals surface area (Å²) in [7, 11) is 1.33. The predicted octanol–water partition coefficient (Wildman–Crippen LogP) is 1.92. The summed E-state index contributed by atoms with van der Waals surface area (Å²) in [5.74, 6) is -0.347. The van der Waals surface area contributed by atoms with Crippen molar-refractivity contribution in [2.45, 2.75) is 26.2 Å². The normalized spacial score (nSPS) is 15.2. The van der Waals surface area contributed by atoms with E-state index >= 15 is 0 Å². The minimum Gasteiger partial charge on any atom is -0.466 e. The lowest BCUT2D eigenvalue weighted by molar-refractivity contribution is -0.136. The third-order valence-corrected chi connectivity index (χ3v) is 1.61. The Labute approximate surface area is 79.7 Å². The number of rotatable bonds is 1. The fourth-order valence-corrected chi connectivity index (χ4v) is 0.861. The highest BCUT2D eigenvalue weighted by molar-refractivity contribution is 5.86. The maximum absolute atomic E-state index is 10.2. The molecule has 13 heavy (non-hydrogen) atoms. The van der Waals surface area contributed by atoms with Crippen LogP contribution in [0.4, 0.5) is 0 Å². The molecule has 0 atom stereocenters. The van der Waals surface area contributed by atoms with Crippen LogP contribution in [0.1, 0.15) is 26.2 Å². The number of ether oxygens (including phenoxy) is 2. The Morgan fingerprint density at radius 1 is 1.31 bits per heavy atom. The van der Waals surface area contributed by atoms with Crippen LogP contribution < -0.4 is 0 Å². The number of carbonyl (C=O) groups is 1. The van der Waals surface area contributed by atoms with Crippen LogP contribution in [0.3, 0.4) is 0 Å². The average molecular weight is 186 g/mol. The molecule has 0 aromatic heterocycles. The second-order valence-electron chi connectivity index (χ2n) is 2.94. The molecule has 1 rings (SSSR count). The fraction of sp³-hybridized carbons (Fsp3) is 0.700. The Kier molecular flexibility index (Phi) is 7.30. The van der Waals surface area contributed by atoms with E-state index < -0.39 is 0 Å². The van der Waals surface area contributed by atoms with E-state index in [0.717, 1.165) is 13.2 Å². The molecule has 1 aliphatic rings. The molecule has 1 fully saturated rings. The smallest absolute Gasteiger partial charge is 0.332 e. The standard InChI is InChI=1S/C5H8O2.C5H10O/c1-4(2)5(6)7-3;1-2-4-6-5-3-1/h1H2,2-3H3;1-5H2. The van der Waals surface area contributed by atoms with E-state index in [1.807, 2.05) is 0 Å². The Bertz CT molecular complexity index is 148. The number of carbonyl (C=O) groups excluding carboxylic acids is 1. The molecule has 1 heterocycles. The van der Waals surface area contributed by atoms with Gasteiger partial charge in [0.25, 0.3) is 0 Å². The van der Waals surface area contributed by atoms with Gasteiger partial charge < -0.3 is 9.47 Å². The first kappa shape index (κ1) is 12.2. The lowest BCUT2D eigenvalue weighted by Gasteiger charge is -2.08. The second kappa shape index (κ2) is 7.80. The third kappa shape index (κ3) is 7.53. The van der Waals surface area contributed by atoms with E-state index in [4.69, 9.17) is 4.74 Å². The van der Waals surface area contributed by atoms with Crippen LogP contribution in [0.2, 0.25) is 0 Å². The zero-order valence-corrected chi connectivity index (χ0v) is 8.47. The second-order valence-corrected chi connectivity index (χ2v) is 2.94. The van der Waals surface area contributed by atoms with E-state index in [9.17, 15) is 4.79 Å². The minimum absolute atomic E-state index is 0.347. The number of hydrogen-bond acceptors (Lipinski definition) is 3. The van der Waals surface area contributed by atoms with Gasteiger partial charge in [0.05, 0.1) is 7.11 Å². The molecule has 0 amide bonds. The van der Waals surface area contributed by atoms with Gasteiger partial charge in [-0.1, -0.05) is 6.58 Å². The summed E-state index contributed by atoms with van der Waals surface area (Å²) in [6.07, 6.45) is 3.93. The van der Waals surface area contributed by atoms with Crippen molar-refractivity contribution in [3.05, 3.63) is 12.2 Å². The maximum atomic E-state index is 10.2. The first-order chi connectivity index (χ1) is 6.18. The molecular formula is C10H18O3. The first-order valence-electron chi connectivity index (χ1n) is 4.50. The minimum atomic E-state index is -0.347. The molecule has 0 aromatic carbocycles. The molecule has 0 N–H and O–H groups in total. The molecule has 76 valence electrons. The van der Waals surface area contributed by atoms with Crippen LogP contribution in [-0.4, -0.2) is 26.3 Å². The molecule has 0 saturated carbocycles. The van der Waals surface area contributed by atoms with Crippen molar-refractivity contribution in [2.24, 2.45) is 0 Å². The van der Waals surface area contributed by atoms with Crippen LogP contribution in [0.25, 0.3) is 0 Å². The van der Waals surface area contributed by atoms with Crippen LogP contribution in [-0.2, 0) is 14.3 Å². The van der Waals surface area contributed by atoms with Crippen LogP contribution in [0.5, 0.6) is 0 Å². The molecule has 1 saturated heterocycles. The molecule has 0 bridgehead atoms. The summed E-state index contributed by atoms with van der Waals surface area (Å²) in [6.45, 7) is 6.95. The van der Waals surface area contributed by atoms with Gasteiger partial charge in [0, 0.05) is 18.8 Å². The highest BCUT2D eigenvalue weighted by Gasteiger charge is 1.95. The fourth-order valence-electron chi connectivity index (χ4n) is 0.861. The van der Waals surface area contributed by atoms with Gasteiger partial charge in [-0.05, 0) is 26.2 Å². The molecule has 0 aliphatic carbocycles. The van der Waals surface area contributed by atoms with Crippen LogP contribution in [0.15, 0.2) is 12.2 Å². The quantitative estimate of drug-likeness (QED) is 0.463. The van der Waals surface area contributed by atoms with E-state index in [1.54, 1.807) is 6.92 Å². The first-order valence-corrected chi connectivity index (χ1v) is 4.50. The summed E-state index contributed by atoms with van der Waals surface area (Å²) in [5.41, 5.74) is 0.433. The van der Waals surface area contributed by atoms with E-state index in [2.05, 4.69) is 11.3 Å². The summed E-state index contributed by atoms with van der Waals surface area (Å²) in [5, 5.41) is 0. The molecular weight excluding hydrogens is 168 g/mol. The zero-order chi connectivity index (χ0) is 10.1. The van der Waals surface area contributed by atoms with Crippen molar-refractivity contribution in [1.29, 1.82) is 0 Å². The van der Waals surface area contributed by atoms with Crippen molar-refractivity contribution >= 4 is 5.97 Å². The number of hydrogen-bond donors (Lipinski definition) is 0. The van der Waals surface area contributed by atoms with E-state index in [-0.39, 0.29) is 5.97 Å². The lowest BCUT2D eigenvalue weighted by Crippen LogP contribution is -2.03. The Morgan fingerprint density at radius 2 is 1.85 bits per heavy atom. The summed E-state index contributed by atoms with van der Waals surface area (Å²) in [4.78, 5) is 10.2. The van der Waals surface area contributed by atoms with E-state index in [1.165, 1.54) is 26.4 Å². The monoisotopic (exact) mass is 186 g/mol. The Morgan fingerprint density at radius 3 is 1.92 bits per heavy atom. The molecule has 1 aliphatic heterocycles. The molecule has 0 spiro atoms. The van der Waals surface area contributed by atoms with Crippen molar-refractivity contribution in [3.8, 4) is 0 Å². The van der Waals surface area contributed by atoms with Crippen LogP contribution in [0, 0.1) is 0 Å². The Balaban J connectivity index is 0.000000223. The van der Waals surface area contributed by atoms with Gasteiger partial charge in [0.15, 0.2) is 0 Å². The van der Waals surface area contributed by atoms with Gasteiger partial charge in [0.1, 0.15) is 0 Å². The average Bonchev–Trinajstić information content (AvgIpc) is 2.20. The van der Waals surface area contributed by atoms with Crippen molar-refractivity contribution in [1.82, 2.24) is 0 Å². The van der Waals surface area contributed by atoms with Crippen LogP contribution >= 0.6 is 0 Å². The van der Waals surface area contributed by atoms with E-state index in [0.29, 0.717) is 5.57 Å². The lowest BCUT2D eigenvalue weighted by atomic mass is 10.2. The summed E-state index contributed by atoms with van der Waals surface area (Å²) < 4.78 is 9.34. The highest BCUT2D eigenvalue weighted by atomic mass is 16.5. The van der Waals surface area contributed by atoms with Crippen molar-refractivity contribution in [2.75, 3.05) is 20.3 Å². The third-order valence-electron chi connectivity index (χ3n) is 1.61. The molecule has 0 radical (unpaired) electrons. The maximum Gasteiger partial charge on any atom is 0.332 e. The molecule has 0 aromatic rings. The molecule has 0 unspecified atom stereocenters. The van der Waals surface area contributed by atoms with Gasteiger partial charge in [0.2, 0.25) is 0 Å². The zero-order valence-electron chi connectivity index (χ0n) is 8.47. The topological polar surface area (TPSA) is 35.5 Å². The Hall–Kier alpha value is -0.830. The number of methoxy groups -OCH3 is 1. The van der Waals surface area contributed by atoms with Gasteiger partial charge in [-0.2, -0.15) is 0 Å².